The second kappa shape index (κ2) is 5.75. The molecule has 0 spiro atoms. The first-order chi connectivity index (χ1) is 9.10. The quantitative estimate of drug-likeness (QED) is 0.864. The molecule has 0 aliphatic heterocycles. The van der Waals surface area contributed by atoms with Crippen LogP contribution in [-0.4, -0.2) is 28.0 Å². The number of anilines is 1. The van der Waals surface area contributed by atoms with Crippen molar-refractivity contribution < 1.29 is 9.53 Å². The Morgan fingerprint density at radius 3 is 2.84 bits per heavy atom. The van der Waals surface area contributed by atoms with Crippen molar-refractivity contribution in [3.63, 3.8) is 0 Å². The van der Waals surface area contributed by atoms with Crippen molar-refractivity contribution in [2.45, 2.75) is 19.9 Å². The first-order valence-corrected chi connectivity index (χ1v) is 6.57. The molecule has 0 amide bonds. The zero-order valence-corrected chi connectivity index (χ0v) is 11.7. The van der Waals surface area contributed by atoms with Crippen molar-refractivity contribution in [3.05, 3.63) is 34.2 Å². The van der Waals surface area contributed by atoms with E-state index in [0.29, 0.717) is 5.82 Å². The Balaban J connectivity index is 2.12. The molecule has 0 bridgehead atoms. The summed E-state index contributed by atoms with van der Waals surface area (Å²) in [6, 6.07) is 0.000830. The van der Waals surface area contributed by atoms with E-state index in [4.69, 9.17) is 0 Å². The summed E-state index contributed by atoms with van der Waals surface area (Å²) in [7, 11) is 1.31. The van der Waals surface area contributed by atoms with Crippen LogP contribution in [0.15, 0.2) is 17.8 Å². The van der Waals surface area contributed by atoms with Crippen LogP contribution in [0.2, 0.25) is 0 Å². The summed E-state index contributed by atoms with van der Waals surface area (Å²) in [6.45, 7) is 3.93. The molecule has 2 aromatic rings. The summed E-state index contributed by atoms with van der Waals surface area (Å²) in [5.74, 6) is 0.0112. The van der Waals surface area contributed by atoms with E-state index >= 15 is 0 Å². The van der Waals surface area contributed by atoms with Gasteiger partial charge in [-0.1, -0.05) is 0 Å². The minimum Gasteiger partial charge on any atom is -0.464 e. The van der Waals surface area contributed by atoms with Crippen molar-refractivity contribution in [3.8, 4) is 0 Å². The largest absolute Gasteiger partial charge is 0.464 e. The molecule has 2 rings (SSSR count). The number of methoxy groups -OCH3 is 1. The molecule has 19 heavy (non-hydrogen) atoms. The zero-order valence-electron chi connectivity index (χ0n) is 10.9. The van der Waals surface area contributed by atoms with E-state index in [-0.39, 0.29) is 11.7 Å². The molecule has 0 aromatic carbocycles. The van der Waals surface area contributed by atoms with Crippen LogP contribution in [0.4, 0.5) is 5.82 Å². The molecule has 0 radical (unpaired) electrons. The molecule has 0 aliphatic carbocycles. The summed E-state index contributed by atoms with van der Waals surface area (Å²) in [6.07, 6.45) is 2.93. The second-order valence-corrected chi connectivity index (χ2v) is 4.86. The Morgan fingerprint density at radius 1 is 1.42 bits per heavy atom. The molecule has 1 atom stereocenters. The van der Waals surface area contributed by atoms with Gasteiger partial charge in [-0.3, -0.25) is 4.98 Å². The highest BCUT2D eigenvalue weighted by Gasteiger charge is 2.12. The Kier molecular flexibility index (Phi) is 4.06. The number of rotatable bonds is 4. The van der Waals surface area contributed by atoms with E-state index < -0.39 is 5.97 Å². The molecule has 2 aromatic heterocycles. The number of aryl methyl sites for hydroxylation is 1. The van der Waals surface area contributed by atoms with Crippen LogP contribution in [0.25, 0.3) is 0 Å². The van der Waals surface area contributed by atoms with Gasteiger partial charge < -0.3 is 10.1 Å². The van der Waals surface area contributed by atoms with Crippen LogP contribution in [-0.2, 0) is 4.74 Å². The van der Waals surface area contributed by atoms with Crippen molar-refractivity contribution in [1.82, 2.24) is 15.0 Å². The van der Waals surface area contributed by atoms with Crippen LogP contribution in [0, 0.1) is 6.92 Å². The average Bonchev–Trinajstić information content (AvgIpc) is 2.85. The molecule has 0 saturated heterocycles. The zero-order chi connectivity index (χ0) is 13.8. The molecule has 0 fully saturated rings. The van der Waals surface area contributed by atoms with Gasteiger partial charge in [0.15, 0.2) is 5.69 Å². The van der Waals surface area contributed by atoms with Gasteiger partial charge in [-0.15, -0.1) is 11.3 Å². The van der Waals surface area contributed by atoms with Gasteiger partial charge in [-0.25, -0.2) is 14.8 Å². The van der Waals surface area contributed by atoms with E-state index in [1.807, 2.05) is 19.2 Å². The lowest BCUT2D eigenvalue weighted by atomic mass is 10.3. The Morgan fingerprint density at radius 2 is 2.21 bits per heavy atom. The molecular weight excluding hydrogens is 264 g/mol. The van der Waals surface area contributed by atoms with Crippen LogP contribution in [0.5, 0.6) is 0 Å². The van der Waals surface area contributed by atoms with Gasteiger partial charge in [0.2, 0.25) is 0 Å². The third-order valence-corrected chi connectivity index (χ3v) is 3.55. The maximum Gasteiger partial charge on any atom is 0.358 e. The summed E-state index contributed by atoms with van der Waals surface area (Å²) in [5.41, 5.74) is 1.16. The summed E-state index contributed by atoms with van der Waals surface area (Å²) in [5, 5.41) is 6.11. The number of carbonyl (C=O) groups excluding carboxylic acids is 1. The highest BCUT2D eigenvalue weighted by atomic mass is 32.1. The summed E-state index contributed by atoms with van der Waals surface area (Å²) < 4.78 is 4.60. The van der Waals surface area contributed by atoms with Gasteiger partial charge >= 0.3 is 5.97 Å². The number of esters is 1. The predicted molar refractivity (Wildman–Crippen MR) is 72.3 cm³/mol. The minimum absolute atomic E-state index is 0.000830. The van der Waals surface area contributed by atoms with Crippen LogP contribution in [0.1, 0.15) is 34.2 Å². The van der Waals surface area contributed by atoms with E-state index in [1.54, 1.807) is 17.5 Å². The van der Waals surface area contributed by atoms with Crippen molar-refractivity contribution in [2.24, 2.45) is 0 Å². The number of nitrogens with zero attached hydrogens (tertiary/aromatic N) is 3. The van der Waals surface area contributed by atoms with Crippen molar-refractivity contribution >= 4 is 23.1 Å². The molecule has 0 saturated carbocycles. The standard InChI is InChI=1S/C12H14N4O2S/c1-7-6-19-11(14-7)8(2)15-10-5-13-4-9(16-10)12(17)18-3/h4-6,8H,1-3H3,(H,15,16). The molecule has 100 valence electrons. The number of aromatic nitrogens is 3. The average molecular weight is 278 g/mol. The fourth-order valence-electron chi connectivity index (χ4n) is 1.49. The van der Waals surface area contributed by atoms with Gasteiger partial charge in [0.05, 0.1) is 25.5 Å². The van der Waals surface area contributed by atoms with Gasteiger partial charge in [-0.05, 0) is 13.8 Å². The Hall–Kier alpha value is -2.02. The summed E-state index contributed by atoms with van der Waals surface area (Å²) >= 11 is 1.58. The topological polar surface area (TPSA) is 77.0 Å². The number of thiazole rings is 1. The lowest BCUT2D eigenvalue weighted by Crippen LogP contribution is -2.11. The predicted octanol–water partition coefficient (Wildman–Crippen LogP) is 2.20. The van der Waals surface area contributed by atoms with Crippen LogP contribution < -0.4 is 5.32 Å². The fraction of sp³-hybridized carbons (Fsp3) is 0.333. The normalized spacial score (nSPS) is 11.9. The van der Waals surface area contributed by atoms with Crippen LogP contribution >= 0.6 is 11.3 Å². The number of hydrogen-bond acceptors (Lipinski definition) is 7. The highest BCUT2D eigenvalue weighted by Crippen LogP contribution is 2.21. The maximum absolute atomic E-state index is 11.4. The molecule has 6 nitrogen and oxygen atoms in total. The monoisotopic (exact) mass is 278 g/mol. The highest BCUT2D eigenvalue weighted by molar-refractivity contribution is 7.09. The molecule has 1 unspecified atom stereocenters. The lowest BCUT2D eigenvalue weighted by molar-refractivity contribution is 0.0593. The van der Waals surface area contributed by atoms with Gasteiger partial charge in [0, 0.05) is 11.1 Å². The number of carbonyl (C=O) groups is 1. The van der Waals surface area contributed by atoms with E-state index in [1.165, 1.54) is 13.3 Å². The first kappa shape index (κ1) is 13.4. The van der Waals surface area contributed by atoms with E-state index in [0.717, 1.165) is 10.7 Å². The fourth-order valence-corrected chi connectivity index (χ4v) is 2.30. The molecule has 0 aliphatic rings. The number of ether oxygens (including phenoxy) is 1. The third-order valence-electron chi connectivity index (χ3n) is 2.40. The SMILES string of the molecule is COC(=O)c1cncc(NC(C)c2nc(C)cs2)n1. The van der Waals surface area contributed by atoms with Crippen LogP contribution in [0.3, 0.4) is 0 Å². The second-order valence-electron chi connectivity index (χ2n) is 3.97. The molecular formula is C12H14N4O2S. The smallest absolute Gasteiger partial charge is 0.358 e. The van der Waals surface area contributed by atoms with Crippen molar-refractivity contribution in [2.75, 3.05) is 12.4 Å². The Labute approximate surface area is 114 Å². The van der Waals surface area contributed by atoms with Gasteiger partial charge in [0.1, 0.15) is 10.8 Å². The number of nitrogens with one attached hydrogen (secondary N) is 1. The lowest BCUT2D eigenvalue weighted by Gasteiger charge is -2.11. The summed E-state index contributed by atoms with van der Waals surface area (Å²) in [4.78, 5) is 23.9. The number of hydrogen-bond donors (Lipinski definition) is 1. The molecule has 2 heterocycles. The molecule has 1 N–H and O–H groups in total. The van der Waals surface area contributed by atoms with E-state index in [2.05, 4.69) is 25.0 Å². The van der Waals surface area contributed by atoms with Gasteiger partial charge in [0.25, 0.3) is 0 Å². The maximum atomic E-state index is 11.4. The first-order valence-electron chi connectivity index (χ1n) is 5.69. The van der Waals surface area contributed by atoms with Crippen molar-refractivity contribution in [1.29, 1.82) is 0 Å². The van der Waals surface area contributed by atoms with Gasteiger partial charge in [-0.2, -0.15) is 0 Å². The van der Waals surface area contributed by atoms with E-state index in [9.17, 15) is 4.79 Å². The Bertz CT molecular complexity index is 585. The third kappa shape index (κ3) is 3.25. The molecule has 7 heteroatoms. The minimum atomic E-state index is -0.506.